The van der Waals surface area contributed by atoms with Crippen LogP contribution in [0.4, 0.5) is 13.2 Å². The Morgan fingerprint density at radius 1 is 0.667 bits per heavy atom. The van der Waals surface area contributed by atoms with Gasteiger partial charge in [0, 0.05) is 0 Å². The number of rotatable bonds is 5. The Hall–Kier alpha value is -3.76. The van der Waals surface area contributed by atoms with Gasteiger partial charge in [-0.25, -0.2) is 0 Å². The van der Waals surface area contributed by atoms with Crippen LogP contribution in [0.5, 0.6) is 0 Å². The molecule has 0 aromatic heterocycles. The fraction of sp³-hybridized carbons (Fsp3) is 0.0435. The number of carbonyl (C=O) groups is 2. The minimum absolute atomic E-state index is 0.0207. The van der Waals surface area contributed by atoms with Crippen molar-refractivity contribution in [1.82, 2.24) is 5.06 Å². The van der Waals surface area contributed by atoms with Gasteiger partial charge in [-0.05, 0) is 23.3 Å². The first-order valence-electron chi connectivity index (χ1n) is 9.46. The molecule has 3 aromatic carbocycles. The number of hydroxylamine groups is 2. The summed E-state index contributed by atoms with van der Waals surface area (Å²) in [6, 6.07) is 19.3. The lowest BCUT2D eigenvalue weighted by atomic mass is 9.96. The molecular formula is C23H14F3NO5S. The highest BCUT2D eigenvalue weighted by atomic mass is 32.2. The average molecular weight is 473 g/mol. The third-order valence-corrected chi connectivity index (χ3v) is 6.05. The fourth-order valence-electron chi connectivity index (χ4n) is 3.38. The van der Waals surface area contributed by atoms with E-state index >= 15 is 0 Å². The summed E-state index contributed by atoms with van der Waals surface area (Å²) in [6.07, 6.45) is -5.01. The molecule has 4 rings (SSSR count). The van der Waals surface area contributed by atoms with Crippen molar-refractivity contribution >= 4 is 33.1 Å². The molecule has 3 aromatic rings. The van der Waals surface area contributed by atoms with Crippen molar-refractivity contribution in [3.05, 3.63) is 102 Å². The average Bonchev–Trinajstić information content (AvgIpc) is 3.04. The van der Waals surface area contributed by atoms with Crippen LogP contribution in [0.2, 0.25) is 0 Å². The molecule has 10 heteroatoms. The fourth-order valence-corrected chi connectivity index (χ4v) is 4.49. The number of halogens is 3. The van der Waals surface area contributed by atoms with Gasteiger partial charge in [0.25, 0.3) is 11.8 Å². The van der Waals surface area contributed by atoms with Gasteiger partial charge in [0.05, 0.1) is 16.7 Å². The van der Waals surface area contributed by atoms with E-state index in [1.807, 2.05) is 0 Å². The topological polar surface area (TPSA) is 80.8 Å². The molecule has 0 unspecified atom stereocenters. The molecular weight excluding hydrogens is 459 g/mol. The van der Waals surface area contributed by atoms with Crippen molar-refractivity contribution in [2.75, 3.05) is 0 Å². The van der Waals surface area contributed by atoms with E-state index in [9.17, 15) is 31.2 Å². The second kappa shape index (κ2) is 8.30. The first kappa shape index (κ1) is 22.4. The van der Waals surface area contributed by atoms with Crippen molar-refractivity contribution < 1.29 is 35.5 Å². The molecule has 0 N–H and O–H groups in total. The van der Waals surface area contributed by atoms with Crippen molar-refractivity contribution in [3.63, 3.8) is 0 Å². The summed E-state index contributed by atoms with van der Waals surface area (Å²) >= 11 is 0. The zero-order valence-corrected chi connectivity index (χ0v) is 17.4. The van der Waals surface area contributed by atoms with Crippen molar-refractivity contribution in [2.45, 2.75) is 11.1 Å². The molecule has 2 amide bonds. The van der Waals surface area contributed by atoms with Crippen molar-refractivity contribution in [2.24, 2.45) is 0 Å². The highest BCUT2D eigenvalue weighted by molar-refractivity contribution is 7.86. The molecule has 0 spiro atoms. The summed E-state index contributed by atoms with van der Waals surface area (Å²) in [5, 5.41) is -0.0207. The van der Waals surface area contributed by atoms with Gasteiger partial charge in [-0.1, -0.05) is 72.8 Å². The van der Waals surface area contributed by atoms with Crippen LogP contribution in [0.25, 0.3) is 11.1 Å². The first-order chi connectivity index (χ1) is 15.6. The van der Waals surface area contributed by atoms with Gasteiger partial charge in [-0.3, -0.25) is 9.59 Å². The summed E-state index contributed by atoms with van der Waals surface area (Å²) in [7, 11) is -5.20. The predicted octanol–water partition coefficient (Wildman–Crippen LogP) is 4.31. The normalized spacial score (nSPS) is 14.8. The van der Waals surface area contributed by atoms with Gasteiger partial charge < -0.3 is 0 Å². The molecule has 0 atom stereocenters. The molecule has 0 saturated carbocycles. The third kappa shape index (κ3) is 4.18. The van der Waals surface area contributed by atoms with E-state index in [0.717, 1.165) is 12.1 Å². The summed E-state index contributed by atoms with van der Waals surface area (Å²) in [6.45, 7) is 0. The van der Waals surface area contributed by atoms with Gasteiger partial charge in [0.1, 0.15) is 4.90 Å². The molecule has 0 bridgehead atoms. The summed E-state index contributed by atoms with van der Waals surface area (Å²) < 4.78 is 70.2. The first-order valence-corrected chi connectivity index (χ1v) is 10.9. The third-order valence-electron chi connectivity index (χ3n) is 4.81. The van der Waals surface area contributed by atoms with Gasteiger partial charge in [0.2, 0.25) is 0 Å². The molecule has 1 aliphatic heterocycles. The summed E-state index contributed by atoms with van der Waals surface area (Å²) in [5.74, 6) is -2.23. The lowest BCUT2D eigenvalue weighted by Gasteiger charge is -2.17. The number of amides is 2. The van der Waals surface area contributed by atoms with E-state index in [0.29, 0.717) is 23.3 Å². The second-order valence-electron chi connectivity index (χ2n) is 6.91. The highest BCUT2D eigenvalue weighted by Gasteiger charge is 2.45. The van der Waals surface area contributed by atoms with Crippen LogP contribution in [-0.4, -0.2) is 25.3 Å². The van der Waals surface area contributed by atoms with E-state index in [4.69, 9.17) is 4.28 Å². The molecule has 168 valence electrons. The SMILES string of the molecule is O=C1C(c2ccccc2)=C(c2ccccc2)C(=O)N1OS(=O)(=O)c1ccccc1C(F)(F)F. The summed E-state index contributed by atoms with van der Waals surface area (Å²) in [5.41, 5.74) is -1.12. The van der Waals surface area contributed by atoms with E-state index in [2.05, 4.69) is 0 Å². The second-order valence-corrected chi connectivity index (χ2v) is 8.41. The van der Waals surface area contributed by atoms with Crippen LogP contribution in [0.1, 0.15) is 16.7 Å². The van der Waals surface area contributed by atoms with Crippen molar-refractivity contribution in [3.8, 4) is 0 Å². The van der Waals surface area contributed by atoms with E-state index in [-0.39, 0.29) is 16.2 Å². The Morgan fingerprint density at radius 2 is 1.09 bits per heavy atom. The number of hydrogen-bond acceptors (Lipinski definition) is 5. The lowest BCUT2D eigenvalue weighted by Crippen LogP contribution is -2.34. The lowest BCUT2D eigenvalue weighted by molar-refractivity contribution is -0.161. The van der Waals surface area contributed by atoms with Crippen LogP contribution in [0.3, 0.4) is 0 Å². The number of nitrogens with zero attached hydrogens (tertiary/aromatic N) is 1. The minimum Gasteiger partial charge on any atom is -0.266 e. The maximum Gasteiger partial charge on any atom is 0.417 e. The summed E-state index contributed by atoms with van der Waals surface area (Å²) in [4.78, 5) is 25.0. The smallest absolute Gasteiger partial charge is 0.266 e. The predicted molar refractivity (Wildman–Crippen MR) is 111 cm³/mol. The van der Waals surface area contributed by atoms with Crippen LogP contribution < -0.4 is 0 Å². The van der Waals surface area contributed by atoms with Gasteiger partial charge in [0.15, 0.2) is 0 Å². The number of alkyl halides is 3. The number of imide groups is 1. The Bertz CT molecular complexity index is 1310. The number of benzene rings is 3. The molecule has 1 heterocycles. The zero-order valence-electron chi connectivity index (χ0n) is 16.6. The molecule has 0 fully saturated rings. The van der Waals surface area contributed by atoms with Crippen LogP contribution in [-0.2, 0) is 30.2 Å². The van der Waals surface area contributed by atoms with Crippen LogP contribution in [0.15, 0.2) is 89.8 Å². The van der Waals surface area contributed by atoms with E-state index in [1.165, 1.54) is 0 Å². The molecule has 0 aliphatic carbocycles. The maximum absolute atomic E-state index is 13.3. The Kier molecular flexibility index (Phi) is 5.64. The number of carbonyl (C=O) groups excluding carboxylic acids is 2. The maximum atomic E-state index is 13.3. The molecule has 0 saturated heterocycles. The quantitative estimate of drug-likeness (QED) is 0.516. The van der Waals surface area contributed by atoms with Gasteiger partial charge in [-0.15, -0.1) is 9.35 Å². The zero-order chi connectivity index (χ0) is 23.8. The molecule has 1 aliphatic rings. The largest absolute Gasteiger partial charge is 0.417 e. The Balaban J connectivity index is 1.79. The number of hydrogen-bond donors (Lipinski definition) is 0. The van der Waals surface area contributed by atoms with Crippen molar-refractivity contribution in [1.29, 1.82) is 0 Å². The minimum atomic E-state index is -5.20. The standard InChI is InChI=1S/C23H14F3NO5S/c24-23(25,26)17-13-7-8-14-18(17)33(30,31)32-27-21(28)19(15-9-3-1-4-10-15)20(22(27)29)16-11-5-2-6-12-16/h1-14H. The molecule has 33 heavy (non-hydrogen) atoms. The highest BCUT2D eigenvalue weighted by Crippen LogP contribution is 2.38. The van der Waals surface area contributed by atoms with E-state index in [1.54, 1.807) is 60.7 Å². The van der Waals surface area contributed by atoms with Crippen LogP contribution >= 0.6 is 0 Å². The van der Waals surface area contributed by atoms with Gasteiger partial charge >= 0.3 is 16.3 Å². The Labute approximate surface area is 186 Å². The van der Waals surface area contributed by atoms with Crippen LogP contribution in [0, 0.1) is 0 Å². The van der Waals surface area contributed by atoms with E-state index < -0.39 is 38.6 Å². The Morgan fingerprint density at radius 3 is 1.55 bits per heavy atom. The van der Waals surface area contributed by atoms with Gasteiger partial charge in [-0.2, -0.15) is 21.6 Å². The molecule has 0 radical (unpaired) electrons. The molecule has 6 nitrogen and oxygen atoms in total. The monoisotopic (exact) mass is 473 g/mol.